The fourth-order valence-corrected chi connectivity index (χ4v) is 3.40. The van der Waals surface area contributed by atoms with Gasteiger partial charge in [-0.15, -0.1) is 15.9 Å². The van der Waals surface area contributed by atoms with Gasteiger partial charge in [-0.3, -0.25) is 0 Å². The molecular formula is C17H21N2+. The van der Waals surface area contributed by atoms with Crippen molar-refractivity contribution in [3.05, 3.63) is 54.7 Å². The zero-order valence-corrected chi connectivity index (χ0v) is 12.1. The van der Waals surface area contributed by atoms with Crippen LogP contribution < -0.4 is 4.68 Å². The number of benzene rings is 1. The maximum atomic E-state index is 4.11. The standard InChI is InChI=1S/C17H21N2/c1-6-17(4)16(2,3)14-10-8-7-9-13(14)15-11-12-18(5)19(15)17/h6-12H,1H2,2-5H3/q+1. The summed E-state index contributed by atoms with van der Waals surface area (Å²) >= 11 is 0. The molecule has 0 aliphatic carbocycles. The monoisotopic (exact) mass is 253 g/mol. The minimum Gasteiger partial charge on any atom is -0.143 e. The van der Waals surface area contributed by atoms with Crippen molar-refractivity contribution >= 4 is 0 Å². The third-order valence-electron chi connectivity index (χ3n) is 4.97. The van der Waals surface area contributed by atoms with Crippen molar-refractivity contribution in [3.8, 4) is 11.3 Å². The van der Waals surface area contributed by atoms with Crippen LogP contribution in [-0.4, -0.2) is 4.68 Å². The van der Waals surface area contributed by atoms with Crippen molar-refractivity contribution in [2.45, 2.75) is 31.7 Å². The molecule has 0 amide bonds. The number of rotatable bonds is 1. The number of allylic oxidation sites excluding steroid dienone is 1. The van der Waals surface area contributed by atoms with Gasteiger partial charge in [-0.05, 0) is 12.5 Å². The molecule has 0 spiro atoms. The molecule has 19 heavy (non-hydrogen) atoms. The lowest BCUT2D eigenvalue weighted by Crippen LogP contribution is -2.58. The van der Waals surface area contributed by atoms with Gasteiger partial charge < -0.3 is 0 Å². The zero-order chi connectivity index (χ0) is 13.8. The molecule has 1 aliphatic rings. The van der Waals surface area contributed by atoms with E-state index in [1.807, 2.05) is 0 Å². The molecule has 1 atom stereocenters. The molecule has 0 saturated heterocycles. The normalized spacial score (nSPS) is 23.6. The van der Waals surface area contributed by atoms with Crippen LogP contribution >= 0.6 is 0 Å². The summed E-state index contributed by atoms with van der Waals surface area (Å²) in [6.07, 6.45) is 4.20. The van der Waals surface area contributed by atoms with Crippen molar-refractivity contribution in [2.24, 2.45) is 7.05 Å². The zero-order valence-electron chi connectivity index (χ0n) is 12.1. The smallest absolute Gasteiger partial charge is 0.143 e. The largest absolute Gasteiger partial charge is 0.196 e. The van der Waals surface area contributed by atoms with Crippen molar-refractivity contribution < 1.29 is 4.68 Å². The fraction of sp³-hybridized carbons (Fsp3) is 0.353. The van der Waals surface area contributed by atoms with E-state index in [9.17, 15) is 0 Å². The lowest BCUT2D eigenvalue weighted by Gasteiger charge is -2.45. The van der Waals surface area contributed by atoms with E-state index in [2.05, 4.69) is 86.4 Å². The van der Waals surface area contributed by atoms with Crippen LogP contribution in [0.2, 0.25) is 0 Å². The maximum Gasteiger partial charge on any atom is 0.196 e. The van der Waals surface area contributed by atoms with Gasteiger partial charge in [0.05, 0.1) is 0 Å². The van der Waals surface area contributed by atoms with Crippen LogP contribution in [-0.2, 0) is 18.0 Å². The second kappa shape index (κ2) is 3.60. The summed E-state index contributed by atoms with van der Waals surface area (Å²) in [4.78, 5) is 0. The second-order valence-corrected chi connectivity index (χ2v) is 6.11. The third kappa shape index (κ3) is 1.29. The number of fused-ring (bicyclic) bond motifs is 3. The van der Waals surface area contributed by atoms with E-state index < -0.39 is 0 Å². The Morgan fingerprint density at radius 1 is 1.16 bits per heavy atom. The van der Waals surface area contributed by atoms with E-state index >= 15 is 0 Å². The number of aryl methyl sites for hydroxylation is 1. The molecule has 1 aromatic carbocycles. The van der Waals surface area contributed by atoms with Crippen LogP contribution in [0.4, 0.5) is 0 Å². The van der Waals surface area contributed by atoms with Crippen molar-refractivity contribution in [2.75, 3.05) is 0 Å². The van der Waals surface area contributed by atoms with Crippen LogP contribution in [0.5, 0.6) is 0 Å². The van der Waals surface area contributed by atoms with E-state index in [-0.39, 0.29) is 11.0 Å². The van der Waals surface area contributed by atoms with Crippen molar-refractivity contribution in [1.82, 2.24) is 4.68 Å². The molecule has 0 N–H and O–H groups in total. The summed E-state index contributed by atoms with van der Waals surface area (Å²) in [6, 6.07) is 10.9. The Morgan fingerprint density at radius 2 is 1.84 bits per heavy atom. The Kier molecular flexibility index (Phi) is 2.31. The highest BCUT2D eigenvalue weighted by atomic mass is 15.4. The van der Waals surface area contributed by atoms with Crippen molar-refractivity contribution in [1.29, 1.82) is 0 Å². The Morgan fingerprint density at radius 3 is 2.53 bits per heavy atom. The van der Waals surface area contributed by atoms with Gasteiger partial charge in [0.1, 0.15) is 11.2 Å². The van der Waals surface area contributed by atoms with Gasteiger partial charge in [0.15, 0.2) is 13.2 Å². The Balaban J connectivity index is 2.47. The van der Waals surface area contributed by atoms with Gasteiger partial charge in [0.25, 0.3) is 0 Å². The molecule has 1 aliphatic heterocycles. The molecule has 0 fully saturated rings. The Hall–Kier alpha value is -1.83. The first-order valence-corrected chi connectivity index (χ1v) is 6.75. The summed E-state index contributed by atoms with van der Waals surface area (Å²) in [5.74, 6) is 0. The van der Waals surface area contributed by atoms with E-state index in [1.165, 1.54) is 16.8 Å². The average molecular weight is 253 g/mol. The van der Waals surface area contributed by atoms with Gasteiger partial charge in [-0.2, -0.15) is 0 Å². The molecule has 0 bridgehead atoms. The summed E-state index contributed by atoms with van der Waals surface area (Å²) in [6.45, 7) is 11.0. The highest BCUT2D eigenvalue weighted by Gasteiger charge is 2.50. The first-order chi connectivity index (χ1) is 8.93. The molecule has 0 radical (unpaired) electrons. The summed E-state index contributed by atoms with van der Waals surface area (Å²) in [7, 11) is 2.09. The van der Waals surface area contributed by atoms with E-state index in [0.29, 0.717) is 0 Å². The summed E-state index contributed by atoms with van der Waals surface area (Å²) in [5, 5.41) is 0. The lowest BCUT2D eigenvalue weighted by molar-refractivity contribution is -0.759. The number of hydrogen-bond acceptors (Lipinski definition) is 0. The molecular weight excluding hydrogens is 232 g/mol. The predicted octanol–water partition coefficient (Wildman–Crippen LogP) is 3.17. The van der Waals surface area contributed by atoms with Crippen LogP contribution in [0.25, 0.3) is 11.3 Å². The molecule has 0 saturated carbocycles. The van der Waals surface area contributed by atoms with Gasteiger partial charge in [0.2, 0.25) is 0 Å². The third-order valence-corrected chi connectivity index (χ3v) is 4.97. The lowest BCUT2D eigenvalue weighted by atomic mass is 9.65. The minimum atomic E-state index is -0.144. The molecule has 1 aromatic heterocycles. The summed E-state index contributed by atoms with van der Waals surface area (Å²) < 4.78 is 4.51. The topological polar surface area (TPSA) is 8.81 Å². The van der Waals surface area contributed by atoms with Gasteiger partial charge in [-0.25, -0.2) is 0 Å². The molecule has 3 rings (SSSR count). The van der Waals surface area contributed by atoms with Gasteiger partial charge in [0, 0.05) is 17.0 Å². The Labute approximate surface area is 115 Å². The number of aromatic nitrogens is 2. The van der Waals surface area contributed by atoms with Crippen LogP contribution in [0, 0.1) is 0 Å². The molecule has 2 aromatic rings. The first kappa shape index (κ1) is 12.2. The van der Waals surface area contributed by atoms with E-state index in [1.54, 1.807) is 0 Å². The highest BCUT2D eigenvalue weighted by Crippen LogP contribution is 2.49. The average Bonchev–Trinajstić information content (AvgIpc) is 2.79. The number of hydrogen-bond donors (Lipinski definition) is 0. The van der Waals surface area contributed by atoms with Crippen molar-refractivity contribution in [3.63, 3.8) is 0 Å². The number of nitrogens with zero attached hydrogens (tertiary/aromatic N) is 2. The summed E-state index contributed by atoms with van der Waals surface area (Å²) in [5.41, 5.74) is 3.83. The fourth-order valence-electron chi connectivity index (χ4n) is 3.40. The van der Waals surface area contributed by atoms with E-state index in [0.717, 1.165) is 0 Å². The quantitative estimate of drug-likeness (QED) is 0.545. The molecule has 98 valence electrons. The second-order valence-electron chi connectivity index (χ2n) is 6.11. The molecule has 2 heterocycles. The van der Waals surface area contributed by atoms with Crippen LogP contribution in [0.1, 0.15) is 26.3 Å². The van der Waals surface area contributed by atoms with Crippen LogP contribution in [0.3, 0.4) is 0 Å². The minimum absolute atomic E-state index is 0.00484. The maximum absolute atomic E-state index is 4.11. The van der Waals surface area contributed by atoms with Gasteiger partial charge in [-0.1, -0.05) is 44.2 Å². The highest BCUT2D eigenvalue weighted by molar-refractivity contribution is 5.68. The predicted molar refractivity (Wildman–Crippen MR) is 77.9 cm³/mol. The van der Waals surface area contributed by atoms with Gasteiger partial charge >= 0.3 is 0 Å². The Bertz CT molecular complexity index is 664. The molecule has 1 unspecified atom stereocenters. The van der Waals surface area contributed by atoms with Crippen LogP contribution in [0.15, 0.2) is 49.2 Å². The van der Waals surface area contributed by atoms with E-state index in [4.69, 9.17) is 0 Å². The molecule has 2 heteroatoms. The SMILES string of the molecule is C=CC1(C)n2c(cc[n+]2C)-c2ccccc2C1(C)C. The molecule has 2 nitrogen and oxygen atoms in total. The first-order valence-electron chi connectivity index (χ1n) is 6.75.